The third kappa shape index (κ3) is 4.05. The molecule has 7 heteroatoms. The van der Waals surface area contributed by atoms with Gasteiger partial charge in [0.25, 0.3) is 11.8 Å². The van der Waals surface area contributed by atoms with Crippen molar-refractivity contribution in [2.75, 3.05) is 23.9 Å². The molecule has 0 fully saturated rings. The lowest BCUT2D eigenvalue weighted by molar-refractivity contribution is 0.0526. The second-order valence-electron chi connectivity index (χ2n) is 7.18. The number of amides is 2. The molecule has 0 aromatic heterocycles. The van der Waals surface area contributed by atoms with Crippen LogP contribution in [0.5, 0.6) is 5.75 Å². The summed E-state index contributed by atoms with van der Waals surface area (Å²) in [4.78, 5) is 39.6. The molecule has 7 nitrogen and oxygen atoms in total. The van der Waals surface area contributed by atoms with E-state index < -0.39 is 11.9 Å². The van der Waals surface area contributed by atoms with Crippen molar-refractivity contribution in [2.45, 2.75) is 13.5 Å². The van der Waals surface area contributed by atoms with E-state index in [0.717, 1.165) is 11.3 Å². The number of benzene rings is 3. The molecule has 32 heavy (non-hydrogen) atoms. The van der Waals surface area contributed by atoms with Crippen LogP contribution in [-0.2, 0) is 11.3 Å². The zero-order chi connectivity index (χ0) is 22.7. The first-order valence-corrected chi connectivity index (χ1v) is 10.2. The van der Waals surface area contributed by atoms with Crippen LogP contribution in [0.4, 0.5) is 11.4 Å². The minimum atomic E-state index is -0.421. The SMILES string of the molecule is CCOC(=O)c1ccc(NC(=O)c2cccc3c2C(=O)N(c2ccc(OC)cc2)C3)cc1. The quantitative estimate of drug-likeness (QED) is 0.590. The first-order chi connectivity index (χ1) is 15.5. The molecule has 1 aliphatic heterocycles. The van der Waals surface area contributed by atoms with Gasteiger partial charge in [0.2, 0.25) is 0 Å². The van der Waals surface area contributed by atoms with Gasteiger partial charge in [-0.2, -0.15) is 0 Å². The number of esters is 1. The number of anilines is 2. The molecular formula is C25H22N2O5. The highest BCUT2D eigenvalue weighted by molar-refractivity contribution is 6.18. The number of fused-ring (bicyclic) bond motifs is 1. The smallest absolute Gasteiger partial charge is 0.338 e. The van der Waals surface area contributed by atoms with E-state index in [1.807, 2.05) is 18.2 Å². The molecule has 0 saturated heterocycles. The van der Waals surface area contributed by atoms with E-state index in [1.54, 1.807) is 67.5 Å². The normalized spacial score (nSPS) is 12.3. The molecule has 0 aliphatic carbocycles. The third-order valence-corrected chi connectivity index (χ3v) is 5.22. The Morgan fingerprint density at radius 2 is 1.72 bits per heavy atom. The molecule has 1 N–H and O–H groups in total. The Morgan fingerprint density at radius 1 is 1.00 bits per heavy atom. The molecule has 1 heterocycles. The fourth-order valence-electron chi connectivity index (χ4n) is 3.62. The van der Waals surface area contributed by atoms with Crippen LogP contribution in [-0.4, -0.2) is 31.5 Å². The molecule has 0 spiro atoms. The van der Waals surface area contributed by atoms with Gasteiger partial charge in [0, 0.05) is 11.4 Å². The number of methoxy groups -OCH3 is 1. The van der Waals surface area contributed by atoms with E-state index in [1.165, 1.54) is 0 Å². The molecule has 2 amide bonds. The molecule has 0 atom stereocenters. The highest BCUT2D eigenvalue weighted by atomic mass is 16.5. The predicted octanol–water partition coefficient (Wildman–Crippen LogP) is 4.28. The van der Waals surface area contributed by atoms with Crippen molar-refractivity contribution in [3.05, 3.63) is 89.0 Å². The van der Waals surface area contributed by atoms with Crippen LogP contribution in [0.15, 0.2) is 66.7 Å². The maximum Gasteiger partial charge on any atom is 0.338 e. The minimum absolute atomic E-state index is 0.228. The van der Waals surface area contributed by atoms with Crippen LogP contribution >= 0.6 is 0 Å². The van der Waals surface area contributed by atoms with Gasteiger partial charge in [-0.25, -0.2) is 4.79 Å². The van der Waals surface area contributed by atoms with E-state index in [-0.39, 0.29) is 12.5 Å². The maximum absolute atomic E-state index is 13.2. The van der Waals surface area contributed by atoms with Crippen molar-refractivity contribution in [2.24, 2.45) is 0 Å². The molecular weight excluding hydrogens is 408 g/mol. The summed E-state index contributed by atoms with van der Waals surface area (Å²) in [6, 6.07) is 18.9. The number of carbonyl (C=O) groups is 3. The highest BCUT2D eigenvalue weighted by Gasteiger charge is 2.32. The minimum Gasteiger partial charge on any atom is -0.497 e. The van der Waals surface area contributed by atoms with E-state index >= 15 is 0 Å². The van der Waals surface area contributed by atoms with Crippen LogP contribution in [0, 0.1) is 0 Å². The van der Waals surface area contributed by atoms with Gasteiger partial charge in [0.05, 0.1) is 37.0 Å². The Hall–Kier alpha value is -4.13. The van der Waals surface area contributed by atoms with Gasteiger partial charge in [-0.3, -0.25) is 9.59 Å². The number of nitrogens with one attached hydrogen (secondary N) is 1. The summed E-state index contributed by atoms with van der Waals surface area (Å²) in [5.74, 6) is -0.341. The molecule has 0 saturated carbocycles. The van der Waals surface area contributed by atoms with Crippen LogP contribution in [0.25, 0.3) is 0 Å². The molecule has 3 aromatic rings. The summed E-state index contributed by atoms with van der Waals surface area (Å²) in [6.07, 6.45) is 0. The number of carbonyl (C=O) groups excluding carboxylic acids is 3. The van der Waals surface area contributed by atoms with Crippen molar-refractivity contribution < 1.29 is 23.9 Å². The Kier molecular flexibility index (Phi) is 5.89. The molecule has 4 rings (SSSR count). The molecule has 0 unspecified atom stereocenters. The molecule has 1 aliphatic rings. The lowest BCUT2D eigenvalue weighted by atomic mass is 10.0. The topological polar surface area (TPSA) is 84.9 Å². The summed E-state index contributed by atoms with van der Waals surface area (Å²) in [7, 11) is 1.58. The van der Waals surface area contributed by atoms with Crippen LogP contribution in [0.1, 0.15) is 43.6 Å². The largest absolute Gasteiger partial charge is 0.497 e. The fraction of sp³-hybridized carbons (Fsp3) is 0.160. The van der Waals surface area contributed by atoms with Gasteiger partial charge in [0.15, 0.2) is 0 Å². The number of nitrogens with zero attached hydrogens (tertiary/aromatic N) is 1. The summed E-state index contributed by atoms with van der Waals surface area (Å²) in [6.45, 7) is 2.41. The second-order valence-corrected chi connectivity index (χ2v) is 7.18. The van der Waals surface area contributed by atoms with E-state index in [4.69, 9.17) is 9.47 Å². The number of rotatable bonds is 6. The number of hydrogen-bond donors (Lipinski definition) is 1. The predicted molar refractivity (Wildman–Crippen MR) is 120 cm³/mol. The lowest BCUT2D eigenvalue weighted by Crippen LogP contribution is -2.24. The molecule has 0 radical (unpaired) electrons. The van der Waals surface area contributed by atoms with Gasteiger partial charge in [-0.1, -0.05) is 12.1 Å². The van der Waals surface area contributed by atoms with Gasteiger partial charge < -0.3 is 19.7 Å². The molecule has 162 valence electrons. The Bertz CT molecular complexity index is 1170. The first kappa shape index (κ1) is 21.1. The highest BCUT2D eigenvalue weighted by Crippen LogP contribution is 2.31. The van der Waals surface area contributed by atoms with Crippen molar-refractivity contribution in [3.63, 3.8) is 0 Å². The Morgan fingerprint density at radius 3 is 2.38 bits per heavy atom. The Labute approximate surface area is 185 Å². The maximum atomic E-state index is 13.2. The van der Waals surface area contributed by atoms with Gasteiger partial charge in [0.1, 0.15) is 5.75 Å². The van der Waals surface area contributed by atoms with Crippen LogP contribution in [0.2, 0.25) is 0 Å². The van der Waals surface area contributed by atoms with Crippen LogP contribution in [0.3, 0.4) is 0 Å². The van der Waals surface area contributed by atoms with Crippen molar-refractivity contribution in [3.8, 4) is 5.75 Å². The first-order valence-electron chi connectivity index (χ1n) is 10.2. The summed E-state index contributed by atoms with van der Waals surface area (Å²) in [5, 5.41) is 2.80. The van der Waals surface area contributed by atoms with E-state index in [9.17, 15) is 14.4 Å². The van der Waals surface area contributed by atoms with Gasteiger partial charge in [-0.15, -0.1) is 0 Å². The number of hydrogen-bond acceptors (Lipinski definition) is 5. The standard InChI is InChI=1S/C25H22N2O5/c1-3-32-25(30)16-7-9-18(10-8-16)26-23(28)21-6-4-5-17-15-27(24(29)22(17)21)19-11-13-20(31-2)14-12-19/h4-14H,3,15H2,1-2H3,(H,26,28). The van der Waals surface area contributed by atoms with E-state index in [0.29, 0.717) is 34.7 Å². The van der Waals surface area contributed by atoms with Gasteiger partial charge in [-0.05, 0) is 67.1 Å². The van der Waals surface area contributed by atoms with Crippen molar-refractivity contribution >= 4 is 29.2 Å². The summed E-state index contributed by atoms with van der Waals surface area (Å²) in [5.41, 5.74) is 3.12. The van der Waals surface area contributed by atoms with E-state index in [2.05, 4.69) is 5.32 Å². The van der Waals surface area contributed by atoms with Crippen molar-refractivity contribution in [1.29, 1.82) is 0 Å². The zero-order valence-electron chi connectivity index (χ0n) is 17.8. The monoisotopic (exact) mass is 430 g/mol. The zero-order valence-corrected chi connectivity index (χ0v) is 17.8. The third-order valence-electron chi connectivity index (χ3n) is 5.22. The average molecular weight is 430 g/mol. The number of ether oxygens (including phenoxy) is 2. The van der Waals surface area contributed by atoms with Crippen molar-refractivity contribution in [1.82, 2.24) is 0 Å². The summed E-state index contributed by atoms with van der Waals surface area (Å²) < 4.78 is 10.1. The summed E-state index contributed by atoms with van der Waals surface area (Å²) >= 11 is 0. The molecule has 0 bridgehead atoms. The Balaban J connectivity index is 1.54. The lowest BCUT2D eigenvalue weighted by Gasteiger charge is -2.16. The van der Waals surface area contributed by atoms with Crippen LogP contribution < -0.4 is 15.0 Å². The average Bonchev–Trinajstić information content (AvgIpc) is 3.16. The van der Waals surface area contributed by atoms with Gasteiger partial charge >= 0.3 is 5.97 Å². The second kappa shape index (κ2) is 8.93. The molecule has 3 aromatic carbocycles. The fourth-order valence-corrected chi connectivity index (χ4v) is 3.62.